The normalized spacial score (nSPS) is 12.4. The van der Waals surface area contributed by atoms with Crippen LogP contribution in [0.5, 0.6) is 0 Å². The number of carbonyl (C=O) groups excluding carboxylic acids is 1. The zero-order valence-corrected chi connectivity index (χ0v) is 23.5. The van der Waals surface area contributed by atoms with Gasteiger partial charge in [0.1, 0.15) is 0 Å². The van der Waals surface area contributed by atoms with Gasteiger partial charge >= 0.3 is 5.97 Å². The summed E-state index contributed by atoms with van der Waals surface area (Å²) in [7, 11) is 0. The topological polar surface area (TPSA) is 49.8 Å². The van der Waals surface area contributed by atoms with Crippen molar-refractivity contribution in [3.8, 4) is 0 Å². The summed E-state index contributed by atoms with van der Waals surface area (Å²) in [6.07, 6.45) is 24.4. The standard InChI is InChI=1S/C30H61NO3/c1-4-6-7-8-9-16-21-28-34-30(33)23-18-13-11-15-20-25-31(26-27-32)24-19-14-10-12-17-22-29(3)5-2/h29,32H,4-28H2,1-3H3. The van der Waals surface area contributed by atoms with Crippen LogP contribution >= 0.6 is 0 Å². The van der Waals surface area contributed by atoms with Crippen LogP contribution < -0.4 is 0 Å². The maximum Gasteiger partial charge on any atom is 0.305 e. The summed E-state index contributed by atoms with van der Waals surface area (Å²) < 4.78 is 5.37. The van der Waals surface area contributed by atoms with Crippen molar-refractivity contribution in [2.24, 2.45) is 5.92 Å². The number of rotatable bonds is 27. The maximum atomic E-state index is 11.8. The molecule has 0 aliphatic carbocycles. The van der Waals surface area contributed by atoms with Gasteiger partial charge < -0.3 is 14.7 Å². The Balaban J connectivity index is 3.51. The van der Waals surface area contributed by atoms with E-state index in [4.69, 9.17) is 4.74 Å². The van der Waals surface area contributed by atoms with E-state index in [1.54, 1.807) is 0 Å². The number of esters is 1. The second kappa shape index (κ2) is 27.0. The number of ether oxygens (including phenoxy) is 1. The van der Waals surface area contributed by atoms with Crippen LogP contribution in [0, 0.1) is 5.92 Å². The van der Waals surface area contributed by atoms with Crippen LogP contribution in [0.2, 0.25) is 0 Å². The Hall–Kier alpha value is -0.610. The molecule has 204 valence electrons. The molecule has 0 aromatic carbocycles. The second-order valence-electron chi connectivity index (χ2n) is 10.5. The summed E-state index contributed by atoms with van der Waals surface area (Å²) in [5.41, 5.74) is 0. The highest BCUT2D eigenvalue weighted by atomic mass is 16.5. The lowest BCUT2D eigenvalue weighted by atomic mass is 10.00. The summed E-state index contributed by atoms with van der Waals surface area (Å²) in [6.45, 7) is 10.8. The quantitative estimate of drug-likeness (QED) is 0.0942. The molecule has 0 saturated heterocycles. The van der Waals surface area contributed by atoms with E-state index in [9.17, 15) is 9.90 Å². The van der Waals surface area contributed by atoms with E-state index in [0.717, 1.165) is 44.8 Å². The van der Waals surface area contributed by atoms with Crippen LogP contribution in [0.15, 0.2) is 0 Å². The van der Waals surface area contributed by atoms with Crippen LogP contribution in [-0.4, -0.2) is 48.8 Å². The van der Waals surface area contributed by atoms with E-state index in [-0.39, 0.29) is 12.6 Å². The van der Waals surface area contributed by atoms with Gasteiger partial charge in [-0.05, 0) is 44.7 Å². The van der Waals surface area contributed by atoms with Gasteiger partial charge in [-0.1, -0.05) is 117 Å². The number of aliphatic hydroxyl groups is 1. The van der Waals surface area contributed by atoms with E-state index in [2.05, 4.69) is 25.7 Å². The molecule has 1 atom stereocenters. The molecule has 0 heterocycles. The van der Waals surface area contributed by atoms with Crippen molar-refractivity contribution in [3.63, 3.8) is 0 Å². The highest BCUT2D eigenvalue weighted by Crippen LogP contribution is 2.14. The van der Waals surface area contributed by atoms with Gasteiger partial charge in [0.05, 0.1) is 13.2 Å². The summed E-state index contributed by atoms with van der Waals surface area (Å²) in [6, 6.07) is 0. The molecule has 0 aromatic rings. The van der Waals surface area contributed by atoms with E-state index in [1.165, 1.54) is 103 Å². The molecule has 0 aliphatic heterocycles. The fourth-order valence-electron chi connectivity index (χ4n) is 4.49. The Morgan fingerprint density at radius 1 is 0.706 bits per heavy atom. The molecule has 0 rings (SSSR count). The van der Waals surface area contributed by atoms with E-state index >= 15 is 0 Å². The molecule has 4 nitrogen and oxygen atoms in total. The van der Waals surface area contributed by atoms with Crippen LogP contribution in [0.1, 0.15) is 149 Å². The Morgan fingerprint density at radius 2 is 1.24 bits per heavy atom. The van der Waals surface area contributed by atoms with Gasteiger partial charge in [-0.15, -0.1) is 0 Å². The molecule has 0 bridgehead atoms. The molecule has 0 aliphatic rings. The first kappa shape index (κ1) is 33.4. The lowest BCUT2D eigenvalue weighted by Crippen LogP contribution is -2.29. The molecular weight excluding hydrogens is 422 g/mol. The molecule has 0 radical (unpaired) electrons. The van der Waals surface area contributed by atoms with Crippen molar-refractivity contribution in [1.29, 1.82) is 0 Å². The number of aliphatic hydroxyl groups excluding tert-OH is 1. The predicted molar refractivity (Wildman–Crippen MR) is 147 cm³/mol. The molecule has 0 amide bonds. The van der Waals surface area contributed by atoms with Crippen molar-refractivity contribution in [2.75, 3.05) is 32.8 Å². The molecule has 0 fully saturated rings. The van der Waals surface area contributed by atoms with Crippen molar-refractivity contribution >= 4 is 5.97 Å². The van der Waals surface area contributed by atoms with Crippen molar-refractivity contribution in [2.45, 2.75) is 149 Å². The highest BCUT2D eigenvalue weighted by molar-refractivity contribution is 5.69. The Labute approximate surface area is 213 Å². The SMILES string of the molecule is CCCCCCCCCOC(=O)CCCCCCCN(CCO)CCCCCCCC(C)CC. The van der Waals surface area contributed by atoms with Crippen LogP contribution in [0.3, 0.4) is 0 Å². The smallest absolute Gasteiger partial charge is 0.305 e. The number of carbonyl (C=O) groups is 1. The fourth-order valence-corrected chi connectivity index (χ4v) is 4.49. The molecule has 0 spiro atoms. The number of hydrogen-bond acceptors (Lipinski definition) is 4. The maximum absolute atomic E-state index is 11.8. The first-order valence-electron chi connectivity index (χ1n) is 15.1. The van der Waals surface area contributed by atoms with Crippen molar-refractivity contribution < 1.29 is 14.6 Å². The van der Waals surface area contributed by atoms with Crippen molar-refractivity contribution in [1.82, 2.24) is 4.90 Å². The van der Waals surface area contributed by atoms with E-state index in [0.29, 0.717) is 13.0 Å². The molecule has 4 heteroatoms. The molecule has 1 N–H and O–H groups in total. The number of nitrogens with zero attached hydrogens (tertiary/aromatic N) is 1. The van der Waals surface area contributed by atoms with Crippen LogP contribution in [0.4, 0.5) is 0 Å². The zero-order valence-electron chi connectivity index (χ0n) is 23.5. The fraction of sp³-hybridized carbons (Fsp3) is 0.967. The highest BCUT2D eigenvalue weighted by Gasteiger charge is 2.06. The molecule has 0 aromatic heterocycles. The molecule has 34 heavy (non-hydrogen) atoms. The molecule has 1 unspecified atom stereocenters. The van der Waals surface area contributed by atoms with Gasteiger partial charge in [0.15, 0.2) is 0 Å². The minimum atomic E-state index is -0.0139. The summed E-state index contributed by atoms with van der Waals surface area (Å²) in [5, 5.41) is 9.36. The average molecular weight is 484 g/mol. The first-order valence-corrected chi connectivity index (χ1v) is 15.1. The van der Waals surface area contributed by atoms with E-state index < -0.39 is 0 Å². The summed E-state index contributed by atoms with van der Waals surface area (Å²) in [4.78, 5) is 14.3. The van der Waals surface area contributed by atoms with Gasteiger partial charge in [-0.3, -0.25) is 4.79 Å². The van der Waals surface area contributed by atoms with Crippen molar-refractivity contribution in [3.05, 3.63) is 0 Å². The summed E-state index contributed by atoms with van der Waals surface area (Å²) >= 11 is 0. The molecule has 0 saturated carbocycles. The Morgan fingerprint density at radius 3 is 1.82 bits per heavy atom. The Kier molecular flexibility index (Phi) is 26.5. The van der Waals surface area contributed by atoms with Crippen LogP contribution in [-0.2, 0) is 9.53 Å². The molecular formula is C30H61NO3. The zero-order chi connectivity index (χ0) is 25.1. The number of hydrogen-bond donors (Lipinski definition) is 1. The monoisotopic (exact) mass is 483 g/mol. The lowest BCUT2D eigenvalue weighted by Gasteiger charge is -2.21. The number of unbranched alkanes of at least 4 members (excludes halogenated alkanes) is 14. The van der Waals surface area contributed by atoms with Gasteiger partial charge in [0.25, 0.3) is 0 Å². The minimum absolute atomic E-state index is 0.0139. The van der Waals surface area contributed by atoms with Gasteiger partial charge in [-0.25, -0.2) is 0 Å². The second-order valence-corrected chi connectivity index (χ2v) is 10.5. The summed E-state index contributed by atoms with van der Waals surface area (Å²) in [5.74, 6) is 0.869. The average Bonchev–Trinajstić information content (AvgIpc) is 2.84. The van der Waals surface area contributed by atoms with Gasteiger partial charge in [0.2, 0.25) is 0 Å². The van der Waals surface area contributed by atoms with E-state index in [1.807, 2.05) is 0 Å². The first-order chi connectivity index (χ1) is 16.6. The Bertz CT molecular complexity index is 416. The minimum Gasteiger partial charge on any atom is -0.466 e. The van der Waals surface area contributed by atoms with Gasteiger partial charge in [-0.2, -0.15) is 0 Å². The third kappa shape index (κ3) is 24.5. The lowest BCUT2D eigenvalue weighted by molar-refractivity contribution is -0.143. The van der Waals surface area contributed by atoms with Crippen LogP contribution in [0.25, 0.3) is 0 Å². The third-order valence-electron chi connectivity index (χ3n) is 7.15. The third-order valence-corrected chi connectivity index (χ3v) is 7.15. The predicted octanol–water partition coefficient (Wildman–Crippen LogP) is 8.30. The largest absolute Gasteiger partial charge is 0.466 e. The van der Waals surface area contributed by atoms with Gasteiger partial charge in [0, 0.05) is 13.0 Å².